The summed E-state index contributed by atoms with van der Waals surface area (Å²) < 4.78 is 0. The third-order valence-electron chi connectivity index (χ3n) is 3.14. The van der Waals surface area contributed by atoms with Gasteiger partial charge in [-0.25, -0.2) is 0 Å². The maximum absolute atomic E-state index is 11.9. The normalized spacial score (nSPS) is 21.1. The molecule has 2 N–H and O–H groups in total. The molecule has 1 atom stereocenters. The average Bonchev–Trinajstić information content (AvgIpc) is 2.79. The van der Waals surface area contributed by atoms with Gasteiger partial charge in [0.15, 0.2) is 5.96 Å². The molecule has 1 fully saturated rings. The van der Waals surface area contributed by atoms with Crippen LogP contribution >= 0.6 is 0 Å². The van der Waals surface area contributed by atoms with E-state index in [0.29, 0.717) is 5.96 Å². The van der Waals surface area contributed by atoms with Crippen molar-refractivity contribution in [1.82, 2.24) is 10.6 Å². The molecule has 90 valence electrons. The minimum atomic E-state index is -0.366. The lowest BCUT2D eigenvalue weighted by molar-refractivity contribution is -0.120. The van der Waals surface area contributed by atoms with Crippen LogP contribution in [-0.4, -0.2) is 18.9 Å². The molecule has 18 heavy (non-hydrogen) atoms. The predicted molar refractivity (Wildman–Crippen MR) is 71.3 cm³/mol. The van der Waals surface area contributed by atoms with E-state index in [1.807, 2.05) is 42.5 Å². The van der Waals surface area contributed by atoms with Crippen molar-refractivity contribution in [1.29, 1.82) is 0 Å². The van der Waals surface area contributed by atoms with Crippen molar-refractivity contribution in [3.05, 3.63) is 48.0 Å². The largest absolute Gasteiger partial charge is 0.340 e. The first-order chi connectivity index (χ1) is 8.79. The van der Waals surface area contributed by atoms with Crippen molar-refractivity contribution in [3.8, 4) is 0 Å². The van der Waals surface area contributed by atoms with Gasteiger partial charge in [0, 0.05) is 7.05 Å². The van der Waals surface area contributed by atoms with Crippen molar-refractivity contribution >= 4 is 22.6 Å². The highest BCUT2D eigenvalue weighted by Crippen LogP contribution is 2.25. The zero-order chi connectivity index (χ0) is 12.5. The molecule has 4 heteroatoms. The van der Waals surface area contributed by atoms with Crippen LogP contribution in [0.4, 0.5) is 0 Å². The number of nitrogens with one attached hydrogen (secondary N) is 2. The Morgan fingerprint density at radius 3 is 2.67 bits per heavy atom. The monoisotopic (exact) mass is 239 g/mol. The highest BCUT2D eigenvalue weighted by atomic mass is 16.2. The molecule has 1 unspecified atom stereocenters. The van der Waals surface area contributed by atoms with Crippen LogP contribution < -0.4 is 10.6 Å². The van der Waals surface area contributed by atoms with E-state index in [1.54, 1.807) is 7.05 Å². The number of amides is 1. The van der Waals surface area contributed by atoms with Gasteiger partial charge < -0.3 is 5.32 Å². The molecule has 0 spiro atoms. The van der Waals surface area contributed by atoms with Crippen LogP contribution in [0.1, 0.15) is 11.6 Å². The molecule has 2 aromatic carbocycles. The number of guanidine groups is 1. The standard InChI is InChI=1S/C14H13N3O/c1-15-14-16-12(13(18)17-14)11-8-4-6-9-5-2-3-7-10(9)11/h2-8,12H,1H3,(H2,15,16,17,18). The van der Waals surface area contributed by atoms with Crippen molar-refractivity contribution in [2.75, 3.05) is 7.05 Å². The number of hydrogen-bond acceptors (Lipinski definition) is 2. The molecule has 0 saturated carbocycles. The Bertz CT molecular complexity index is 643. The summed E-state index contributed by atoms with van der Waals surface area (Å²) in [5.41, 5.74) is 0.976. The number of carbonyl (C=O) groups excluding carboxylic acids is 1. The van der Waals surface area contributed by atoms with E-state index in [0.717, 1.165) is 16.3 Å². The Labute approximate surface area is 105 Å². The molecule has 3 rings (SSSR count). The zero-order valence-corrected chi connectivity index (χ0v) is 9.97. The molecule has 0 aromatic heterocycles. The summed E-state index contributed by atoms with van der Waals surface area (Å²) >= 11 is 0. The van der Waals surface area contributed by atoms with Gasteiger partial charge in [0.05, 0.1) is 0 Å². The Morgan fingerprint density at radius 2 is 1.89 bits per heavy atom. The molecule has 1 aliphatic heterocycles. The minimum Gasteiger partial charge on any atom is -0.340 e. The second-order valence-corrected chi connectivity index (χ2v) is 4.21. The molecule has 4 nitrogen and oxygen atoms in total. The highest BCUT2D eigenvalue weighted by molar-refractivity contribution is 6.08. The van der Waals surface area contributed by atoms with Crippen LogP contribution in [-0.2, 0) is 4.79 Å². The van der Waals surface area contributed by atoms with Crippen LogP contribution in [0, 0.1) is 0 Å². The molecular formula is C14H13N3O. The summed E-state index contributed by atoms with van der Waals surface area (Å²) in [6.07, 6.45) is 0. The van der Waals surface area contributed by atoms with Crippen molar-refractivity contribution in [2.45, 2.75) is 6.04 Å². The summed E-state index contributed by atoms with van der Waals surface area (Å²) in [5.74, 6) is 0.463. The van der Waals surface area contributed by atoms with Gasteiger partial charge in [0.1, 0.15) is 6.04 Å². The van der Waals surface area contributed by atoms with Gasteiger partial charge in [-0.3, -0.25) is 15.1 Å². The molecule has 1 amide bonds. The van der Waals surface area contributed by atoms with Crippen LogP contribution in [0.15, 0.2) is 47.5 Å². The molecule has 0 bridgehead atoms. The molecule has 1 heterocycles. The Hall–Kier alpha value is -2.36. The number of benzene rings is 2. The lowest BCUT2D eigenvalue weighted by Gasteiger charge is -2.11. The molecule has 0 radical (unpaired) electrons. The average molecular weight is 239 g/mol. The summed E-state index contributed by atoms with van der Waals surface area (Å²) in [6, 6.07) is 13.7. The van der Waals surface area contributed by atoms with E-state index >= 15 is 0 Å². The van der Waals surface area contributed by atoms with Crippen molar-refractivity contribution < 1.29 is 4.79 Å². The topological polar surface area (TPSA) is 53.5 Å². The number of nitrogens with zero attached hydrogens (tertiary/aromatic N) is 1. The van der Waals surface area contributed by atoms with Crippen LogP contribution in [0.5, 0.6) is 0 Å². The van der Waals surface area contributed by atoms with Gasteiger partial charge in [0.25, 0.3) is 5.91 Å². The minimum absolute atomic E-state index is 0.0630. The van der Waals surface area contributed by atoms with Crippen molar-refractivity contribution in [2.24, 2.45) is 4.99 Å². The van der Waals surface area contributed by atoms with E-state index in [1.165, 1.54) is 0 Å². The maximum atomic E-state index is 11.9. The Kier molecular flexibility index (Phi) is 2.48. The molecule has 1 aliphatic rings. The van der Waals surface area contributed by atoms with Gasteiger partial charge in [-0.05, 0) is 16.3 Å². The van der Waals surface area contributed by atoms with E-state index in [9.17, 15) is 4.79 Å². The van der Waals surface area contributed by atoms with E-state index < -0.39 is 0 Å². The Morgan fingerprint density at radius 1 is 1.11 bits per heavy atom. The predicted octanol–water partition coefficient (Wildman–Crippen LogP) is 1.59. The zero-order valence-electron chi connectivity index (χ0n) is 9.97. The number of hydrogen-bond donors (Lipinski definition) is 2. The SMILES string of the molecule is CN=C1NC(=O)C(c2cccc3ccccc23)N1. The van der Waals surface area contributed by atoms with Crippen LogP contribution in [0.25, 0.3) is 10.8 Å². The van der Waals surface area contributed by atoms with Gasteiger partial charge >= 0.3 is 0 Å². The molecular weight excluding hydrogens is 226 g/mol. The first kappa shape index (κ1) is 10.8. The lowest BCUT2D eigenvalue weighted by atomic mass is 9.99. The van der Waals surface area contributed by atoms with Gasteiger partial charge in [-0.2, -0.15) is 0 Å². The third-order valence-corrected chi connectivity index (χ3v) is 3.14. The third kappa shape index (κ3) is 1.62. The van der Waals surface area contributed by atoms with Crippen LogP contribution in [0.3, 0.4) is 0 Å². The fraction of sp³-hybridized carbons (Fsp3) is 0.143. The Balaban J connectivity index is 2.13. The van der Waals surface area contributed by atoms with Gasteiger partial charge in [-0.15, -0.1) is 0 Å². The highest BCUT2D eigenvalue weighted by Gasteiger charge is 2.30. The van der Waals surface area contributed by atoms with Crippen LogP contribution in [0.2, 0.25) is 0 Å². The summed E-state index contributed by atoms with van der Waals surface area (Å²) in [4.78, 5) is 15.9. The van der Waals surface area contributed by atoms with E-state index in [4.69, 9.17) is 0 Å². The molecule has 1 saturated heterocycles. The maximum Gasteiger partial charge on any atom is 0.253 e. The smallest absolute Gasteiger partial charge is 0.253 e. The number of fused-ring (bicyclic) bond motifs is 1. The number of carbonyl (C=O) groups is 1. The van der Waals surface area contributed by atoms with E-state index in [-0.39, 0.29) is 11.9 Å². The number of rotatable bonds is 1. The molecule has 2 aromatic rings. The fourth-order valence-corrected chi connectivity index (χ4v) is 2.27. The van der Waals surface area contributed by atoms with Gasteiger partial charge in [-0.1, -0.05) is 42.5 Å². The summed E-state index contributed by atoms with van der Waals surface area (Å²) in [5, 5.41) is 8.02. The second-order valence-electron chi connectivity index (χ2n) is 4.21. The lowest BCUT2D eigenvalue weighted by Crippen LogP contribution is -2.24. The fourth-order valence-electron chi connectivity index (χ4n) is 2.27. The van der Waals surface area contributed by atoms with Gasteiger partial charge in [0.2, 0.25) is 0 Å². The quantitative estimate of drug-likeness (QED) is 0.794. The summed E-state index contributed by atoms with van der Waals surface area (Å²) in [6.45, 7) is 0. The summed E-state index contributed by atoms with van der Waals surface area (Å²) in [7, 11) is 1.65. The molecule has 0 aliphatic carbocycles. The van der Waals surface area contributed by atoms with E-state index in [2.05, 4.69) is 15.6 Å². The van der Waals surface area contributed by atoms with Crippen molar-refractivity contribution in [3.63, 3.8) is 0 Å². The second kappa shape index (κ2) is 4.14. The first-order valence-corrected chi connectivity index (χ1v) is 5.81. The number of aliphatic imine (C=N–C) groups is 1. The first-order valence-electron chi connectivity index (χ1n) is 5.81.